The average Bonchev–Trinajstić information content (AvgIpc) is 2.65. The van der Waals surface area contributed by atoms with Crippen LogP contribution in [0.15, 0.2) is 36.4 Å². The van der Waals surface area contributed by atoms with E-state index in [1.807, 2.05) is 0 Å². The molecule has 0 atom stereocenters. The first-order valence-electron chi connectivity index (χ1n) is 7.69. The third-order valence-corrected chi connectivity index (χ3v) is 4.00. The van der Waals surface area contributed by atoms with Gasteiger partial charge in [-0.15, -0.1) is 0 Å². The predicted molar refractivity (Wildman–Crippen MR) is 94.7 cm³/mol. The minimum Gasteiger partial charge on any atom is -0.486 e. The molecule has 1 aliphatic rings. The maximum absolute atomic E-state index is 12.2. The summed E-state index contributed by atoms with van der Waals surface area (Å²) in [6.07, 6.45) is 0. The van der Waals surface area contributed by atoms with Gasteiger partial charge in [-0.3, -0.25) is 4.79 Å². The van der Waals surface area contributed by atoms with Gasteiger partial charge in [0.2, 0.25) is 0 Å². The molecule has 2 aromatic rings. The number of ether oxygens (including phenoxy) is 4. The Balaban J connectivity index is 1.50. The van der Waals surface area contributed by atoms with Crippen LogP contribution in [0.5, 0.6) is 17.2 Å². The van der Waals surface area contributed by atoms with Crippen molar-refractivity contribution in [3.8, 4) is 17.2 Å². The van der Waals surface area contributed by atoms with Gasteiger partial charge in [-0.1, -0.05) is 23.2 Å². The molecule has 0 aliphatic carbocycles. The second-order valence-corrected chi connectivity index (χ2v) is 6.15. The molecule has 136 valence electrons. The summed E-state index contributed by atoms with van der Waals surface area (Å²) < 4.78 is 21.0. The fourth-order valence-corrected chi connectivity index (χ4v) is 2.68. The van der Waals surface area contributed by atoms with E-state index < -0.39 is 12.6 Å². The third-order valence-electron chi connectivity index (χ3n) is 3.47. The first kappa shape index (κ1) is 18.4. The number of benzene rings is 2. The van der Waals surface area contributed by atoms with Crippen molar-refractivity contribution in [1.29, 1.82) is 0 Å². The zero-order chi connectivity index (χ0) is 18.5. The van der Waals surface area contributed by atoms with Gasteiger partial charge in [0, 0.05) is 10.6 Å². The molecular formula is C18H14Cl2O6. The number of carbonyl (C=O) groups excluding carboxylic acids is 2. The topological polar surface area (TPSA) is 71.1 Å². The van der Waals surface area contributed by atoms with Gasteiger partial charge in [-0.25, -0.2) is 4.79 Å². The highest BCUT2D eigenvalue weighted by Crippen LogP contribution is 2.31. The van der Waals surface area contributed by atoms with E-state index in [1.54, 1.807) is 24.3 Å². The largest absolute Gasteiger partial charge is 0.486 e. The van der Waals surface area contributed by atoms with E-state index >= 15 is 0 Å². The number of carbonyl (C=O) groups is 2. The van der Waals surface area contributed by atoms with Crippen LogP contribution in [0, 0.1) is 0 Å². The molecule has 0 bridgehead atoms. The Bertz CT molecular complexity index is 836. The van der Waals surface area contributed by atoms with Gasteiger partial charge in [0.1, 0.15) is 19.0 Å². The molecular weight excluding hydrogens is 383 g/mol. The van der Waals surface area contributed by atoms with Crippen LogP contribution in [-0.2, 0) is 9.53 Å². The predicted octanol–water partition coefficient (Wildman–Crippen LogP) is 3.57. The number of ketones is 1. The Labute approximate surface area is 159 Å². The lowest BCUT2D eigenvalue weighted by Crippen LogP contribution is -2.20. The van der Waals surface area contributed by atoms with Crippen molar-refractivity contribution in [1.82, 2.24) is 0 Å². The van der Waals surface area contributed by atoms with Crippen molar-refractivity contribution >= 4 is 35.0 Å². The van der Waals surface area contributed by atoms with Crippen molar-refractivity contribution in [2.45, 2.75) is 0 Å². The van der Waals surface area contributed by atoms with Crippen LogP contribution in [0.25, 0.3) is 0 Å². The number of halogens is 2. The van der Waals surface area contributed by atoms with Crippen LogP contribution >= 0.6 is 23.2 Å². The van der Waals surface area contributed by atoms with Gasteiger partial charge in [0.15, 0.2) is 30.5 Å². The van der Waals surface area contributed by atoms with Gasteiger partial charge < -0.3 is 18.9 Å². The summed E-state index contributed by atoms with van der Waals surface area (Å²) in [6.45, 7) is 0.103. The van der Waals surface area contributed by atoms with E-state index in [4.69, 9.17) is 42.1 Å². The number of fused-ring (bicyclic) bond motifs is 1. The van der Waals surface area contributed by atoms with Gasteiger partial charge in [0.25, 0.3) is 0 Å². The summed E-state index contributed by atoms with van der Waals surface area (Å²) >= 11 is 11.7. The van der Waals surface area contributed by atoms with E-state index in [2.05, 4.69) is 0 Å². The monoisotopic (exact) mass is 396 g/mol. The van der Waals surface area contributed by atoms with E-state index in [1.165, 1.54) is 12.1 Å². The normalized spacial score (nSPS) is 12.4. The van der Waals surface area contributed by atoms with Gasteiger partial charge in [0.05, 0.1) is 5.02 Å². The lowest BCUT2D eigenvalue weighted by Gasteiger charge is -2.18. The summed E-state index contributed by atoms with van der Waals surface area (Å²) in [5.74, 6) is 0.320. The fraction of sp³-hybridized carbons (Fsp3) is 0.222. The molecule has 0 N–H and O–H groups in total. The molecule has 0 amide bonds. The summed E-state index contributed by atoms with van der Waals surface area (Å²) in [5, 5.41) is 0.729. The third kappa shape index (κ3) is 4.59. The van der Waals surface area contributed by atoms with Crippen molar-refractivity contribution in [3.63, 3.8) is 0 Å². The van der Waals surface area contributed by atoms with Crippen molar-refractivity contribution in [2.75, 3.05) is 26.4 Å². The number of rotatable bonds is 6. The van der Waals surface area contributed by atoms with Crippen molar-refractivity contribution < 1.29 is 28.5 Å². The summed E-state index contributed by atoms with van der Waals surface area (Å²) in [7, 11) is 0. The molecule has 8 heteroatoms. The van der Waals surface area contributed by atoms with E-state index in [9.17, 15) is 9.59 Å². The van der Waals surface area contributed by atoms with Crippen molar-refractivity contribution in [3.05, 3.63) is 52.0 Å². The SMILES string of the molecule is O=C(COc1ccc(Cl)cc1Cl)OCC(=O)c1ccc2c(c1)OCCO2. The molecule has 0 aromatic heterocycles. The van der Waals surface area contributed by atoms with Crippen molar-refractivity contribution in [2.24, 2.45) is 0 Å². The quantitative estimate of drug-likeness (QED) is 0.548. The molecule has 0 spiro atoms. The van der Waals surface area contributed by atoms with Crippen LogP contribution in [0.4, 0.5) is 0 Å². The first-order valence-corrected chi connectivity index (χ1v) is 8.45. The molecule has 26 heavy (non-hydrogen) atoms. The van der Waals surface area contributed by atoms with Crippen LogP contribution in [0.3, 0.4) is 0 Å². The standard InChI is InChI=1S/C18H14Cl2O6/c19-12-2-4-15(13(20)8-12)25-10-18(22)26-9-14(21)11-1-3-16-17(7-11)24-6-5-23-16/h1-4,7-8H,5-6,9-10H2. The van der Waals surface area contributed by atoms with Gasteiger partial charge in [-0.2, -0.15) is 0 Å². The molecule has 0 saturated carbocycles. The number of hydrogen-bond donors (Lipinski definition) is 0. The summed E-state index contributed by atoms with van der Waals surface area (Å²) in [6, 6.07) is 9.42. The van der Waals surface area contributed by atoms with Crippen LogP contribution < -0.4 is 14.2 Å². The molecule has 1 aliphatic heterocycles. The number of hydrogen-bond acceptors (Lipinski definition) is 6. The van der Waals surface area contributed by atoms with Gasteiger partial charge >= 0.3 is 5.97 Å². The molecule has 6 nitrogen and oxygen atoms in total. The lowest BCUT2D eigenvalue weighted by atomic mass is 10.1. The highest BCUT2D eigenvalue weighted by Gasteiger charge is 2.16. The van der Waals surface area contributed by atoms with Crippen LogP contribution in [0.2, 0.25) is 10.0 Å². The zero-order valence-corrected chi connectivity index (χ0v) is 15.0. The fourth-order valence-electron chi connectivity index (χ4n) is 2.22. The molecule has 1 heterocycles. The highest BCUT2D eigenvalue weighted by atomic mass is 35.5. The smallest absolute Gasteiger partial charge is 0.344 e. The number of Topliss-reactive ketones (excluding diaryl/α,β-unsaturated/α-hetero) is 1. The zero-order valence-electron chi connectivity index (χ0n) is 13.5. The Morgan fingerprint density at radius 1 is 0.962 bits per heavy atom. The average molecular weight is 397 g/mol. The molecule has 3 rings (SSSR count). The number of esters is 1. The van der Waals surface area contributed by atoms with E-state index in [0.717, 1.165) is 0 Å². The van der Waals surface area contributed by atoms with Crippen LogP contribution in [-0.4, -0.2) is 38.2 Å². The Morgan fingerprint density at radius 3 is 2.50 bits per heavy atom. The van der Waals surface area contributed by atoms with E-state index in [-0.39, 0.29) is 17.4 Å². The Morgan fingerprint density at radius 2 is 1.73 bits per heavy atom. The van der Waals surface area contributed by atoms with Gasteiger partial charge in [-0.05, 0) is 36.4 Å². The Kier molecular flexibility index (Phi) is 5.85. The van der Waals surface area contributed by atoms with Crippen LogP contribution in [0.1, 0.15) is 10.4 Å². The maximum atomic E-state index is 12.2. The molecule has 0 unspecified atom stereocenters. The maximum Gasteiger partial charge on any atom is 0.344 e. The Hall–Kier alpha value is -2.44. The summed E-state index contributed by atoms with van der Waals surface area (Å²) in [4.78, 5) is 23.9. The molecule has 0 radical (unpaired) electrons. The molecule has 2 aromatic carbocycles. The van der Waals surface area contributed by atoms with E-state index in [0.29, 0.717) is 41.0 Å². The summed E-state index contributed by atoms with van der Waals surface area (Å²) in [5.41, 5.74) is 0.365. The minimum absolute atomic E-state index is 0.276. The molecule has 0 saturated heterocycles. The second kappa shape index (κ2) is 8.29. The first-order chi connectivity index (χ1) is 12.5. The second-order valence-electron chi connectivity index (χ2n) is 5.31. The minimum atomic E-state index is -0.693. The highest BCUT2D eigenvalue weighted by molar-refractivity contribution is 6.35. The molecule has 0 fully saturated rings. The lowest BCUT2D eigenvalue weighted by molar-refractivity contribution is -0.144.